The van der Waals surface area contributed by atoms with Crippen molar-refractivity contribution in [2.45, 2.75) is 18.9 Å². The van der Waals surface area contributed by atoms with Crippen molar-refractivity contribution in [3.63, 3.8) is 0 Å². The van der Waals surface area contributed by atoms with Gasteiger partial charge in [0.25, 0.3) is 5.91 Å². The number of hydrogen-bond donors (Lipinski definition) is 1. The second-order valence-corrected chi connectivity index (χ2v) is 3.98. The van der Waals surface area contributed by atoms with Gasteiger partial charge in [-0.3, -0.25) is 4.79 Å². The molecule has 1 aliphatic heterocycles. The molecule has 1 aromatic heterocycles. The molecular weight excluding hydrogens is 200 g/mol. The van der Waals surface area contributed by atoms with Crippen LogP contribution in [0.5, 0.6) is 0 Å². The van der Waals surface area contributed by atoms with E-state index in [0.29, 0.717) is 12.3 Å². The highest BCUT2D eigenvalue weighted by Crippen LogP contribution is 2.07. The van der Waals surface area contributed by atoms with Crippen LogP contribution in [0.15, 0.2) is 10.9 Å². The summed E-state index contributed by atoms with van der Waals surface area (Å²) in [5.41, 5.74) is 2.16. The number of thiazole rings is 1. The van der Waals surface area contributed by atoms with E-state index in [-0.39, 0.29) is 11.9 Å². The van der Waals surface area contributed by atoms with Gasteiger partial charge in [-0.05, 0) is 12.8 Å². The zero-order chi connectivity index (χ0) is 9.80. The summed E-state index contributed by atoms with van der Waals surface area (Å²) in [6.45, 7) is 1.43. The molecule has 1 amide bonds. The quantitative estimate of drug-likeness (QED) is 0.797. The van der Waals surface area contributed by atoms with Crippen molar-refractivity contribution in [3.8, 4) is 0 Å². The fourth-order valence-electron chi connectivity index (χ4n) is 1.44. The molecule has 0 spiro atoms. The molecule has 4 nitrogen and oxygen atoms in total. The Hall–Kier alpha value is -0.940. The number of nitrogens with one attached hydrogen (secondary N) is 1. The van der Waals surface area contributed by atoms with Crippen LogP contribution in [0, 0.1) is 0 Å². The number of aromatic nitrogens is 1. The molecule has 1 aromatic rings. The second kappa shape index (κ2) is 4.52. The molecule has 2 rings (SSSR count). The molecule has 5 heteroatoms. The number of rotatable bonds is 2. The van der Waals surface area contributed by atoms with Gasteiger partial charge in [0.2, 0.25) is 0 Å². The van der Waals surface area contributed by atoms with Crippen LogP contribution in [0.25, 0.3) is 0 Å². The Morgan fingerprint density at radius 2 is 2.64 bits per heavy atom. The Bertz CT molecular complexity index is 294. The summed E-state index contributed by atoms with van der Waals surface area (Å²) in [5, 5.41) is 4.65. The first-order valence-electron chi connectivity index (χ1n) is 4.63. The lowest BCUT2D eigenvalue weighted by Crippen LogP contribution is -2.40. The van der Waals surface area contributed by atoms with E-state index in [1.807, 2.05) is 0 Å². The van der Waals surface area contributed by atoms with Crippen molar-refractivity contribution in [1.82, 2.24) is 10.3 Å². The van der Waals surface area contributed by atoms with Crippen molar-refractivity contribution >= 4 is 17.2 Å². The molecule has 1 atom stereocenters. The average molecular weight is 212 g/mol. The van der Waals surface area contributed by atoms with Crippen molar-refractivity contribution in [2.75, 3.05) is 13.2 Å². The van der Waals surface area contributed by atoms with Crippen LogP contribution in [-0.4, -0.2) is 30.1 Å². The molecule has 1 saturated heterocycles. The molecule has 0 aliphatic carbocycles. The smallest absolute Gasteiger partial charge is 0.271 e. The Morgan fingerprint density at radius 3 is 3.29 bits per heavy atom. The van der Waals surface area contributed by atoms with Crippen molar-refractivity contribution in [2.24, 2.45) is 0 Å². The zero-order valence-corrected chi connectivity index (χ0v) is 8.55. The normalized spacial score (nSPS) is 21.9. The largest absolute Gasteiger partial charge is 0.379 e. The fraction of sp³-hybridized carbons (Fsp3) is 0.556. The van der Waals surface area contributed by atoms with E-state index in [2.05, 4.69) is 10.3 Å². The highest BCUT2D eigenvalue weighted by molar-refractivity contribution is 7.07. The van der Waals surface area contributed by atoms with Crippen molar-refractivity contribution in [3.05, 3.63) is 16.6 Å². The lowest BCUT2D eigenvalue weighted by atomic mass is 10.1. The zero-order valence-electron chi connectivity index (χ0n) is 7.73. The molecular formula is C9H12N2O2S. The third-order valence-corrected chi connectivity index (χ3v) is 2.75. The van der Waals surface area contributed by atoms with Crippen LogP contribution in [0.1, 0.15) is 23.3 Å². The molecule has 0 bridgehead atoms. The number of carbonyl (C=O) groups excluding carboxylic acids is 1. The number of nitrogens with zero attached hydrogens (tertiary/aromatic N) is 1. The minimum absolute atomic E-state index is 0.0956. The molecule has 1 aliphatic rings. The Kier molecular flexibility index (Phi) is 3.10. The van der Waals surface area contributed by atoms with Crippen LogP contribution in [-0.2, 0) is 4.74 Å². The summed E-state index contributed by atoms with van der Waals surface area (Å²) in [7, 11) is 0. The predicted octanol–water partition coefficient (Wildman–Crippen LogP) is 1.05. The molecule has 1 unspecified atom stereocenters. The molecule has 0 radical (unpaired) electrons. The molecule has 1 fully saturated rings. The number of carbonyl (C=O) groups is 1. The van der Waals surface area contributed by atoms with Gasteiger partial charge < -0.3 is 10.1 Å². The number of ether oxygens (including phenoxy) is 1. The van der Waals surface area contributed by atoms with Crippen LogP contribution in [0.2, 0.25) is 0 Å². The first-order valence-corrected chi connectivity index (χ1v) is 5.57. The van der Waals surface area contributed by atoms with E-state index in [1.54, 1.807) is 10.9 Å². The Labute approximate surface area is 86.3 Å². The monoisotopic (exact) mass is 212 g/mol. The van der Waals surface area contributed by atoms with Gasteiger partial charge in [0.1, 0.15) is 5.69 Å². The van der Waals surface area contributed by atoms with Crippen molar-refractivity contribution in [1.29, 1.82) is 0 Å². The summed E-state index contributed by atoms with van der Waals surface area (Å²) in [6.07, 6.45) is 2.01. The van der Waals surface area contributed by atoms with Crippen LogP contribution in [0.4, 0.5) is 0 Å². The maximum atomic E-state index is 11.6. The van der Waals surface area contributed by atoms with Crippen LogP contribution in [0.3, 0.4) is 0 Å². The van der Waals surface area contributed by atoms with Gasteiger partial charge in [-0.2, -0.15) is 0 Å². The fourth-order valence-corrected chi connectivity index (χ4v) is 1.97. The van der Waals surface area contributed by atoms with E-state index < -0.39 is 0 Å². The molecule has 2 heterocycles. The summed E-state index contributed by atoms with van der Waals surface area (Å²) in [5.74, 6) is -0.0956. The third-order valence-electron chi connectivity index (χ3n) is 2.16. The van der Waals surface area contributed by atoms with Gasteiger partial charge in [0.05, 0.1) is 18.2 Å². The molecule has 14 heavy (non-hydrogen) atoms. The first-order chi connectivity index (χ1) is 6.86. The summed E-state index contributed by atoms with van der Waals surface area (Å²) >= 11 is 1.43. The minimum atomic E-state index is -0.0956. The first kappa shape index (κ1) is 9.61. The Balaban J connectivity index is 1.87. The SMILES string of the molecule is O=C(NC1CCCOC1)c1cscn1. The van der Waals surface area contributed by atoms with Crippen molar-refractivity contribution < 1.29 is 9.53 Å². The summed E-state index contributed by atoms with van der Waals surface area (Å²) in [4.78, 5) is 15.5. The van der Waals surface area contributed by atoms with E-state index >= 15 is 0 Å². The second-order valence-electron chi connectivity index (χ2n) is 3.26. The Morgan fingerprint density at radius 1 is 1.71 bits per heavy atom. The van der Waals surface area contributed by atoms with E-state index in [9.17, 15) is 4.79 Å². The van der Waals surface area contributed by atoms with E-state index in [1.165, 1.54) is 11.3 Å². The lowest BCUT2D eigenvalue weighted by Gasteiger charge is -2.22. The number of amides is 1. The molecule has 0 saturated carbocycles. The summed E-state index contributed by atoms with van der Waals surface area (Å²) in [6, 6.07) is 0.151. The van der Waals surface area contributed by atoms with E-state index in [0.717, 1.165) is 19.4 Å². The lowest BCUT2D eigenvalue weighted by molar-refractivity contribution is 0.0622. The van der Waals surface area contributed by atoms with Gasteiger partial charge in [-0.1, -0.05) is 0 Å². The molecule has 0 aromatic carbocycles. The predicted molar refractivity (Wildman–Crippen MR) is 53.4 cm³/mol. The van der Waals surface area contributed by atoms with Crippen LogP contribution < -0.4 is 5.32 Å². The minimum Gasteiger partial charge on any atom is -0.379 e. The third kappa shape index (κ3) is 2.30. The number of hydrogen-bond acceptors (Lipinski definition) is 4. The summed E-state index contributed by atoms with van der Waals surface area (Å²) < 4.78 is 5.27. The molecule has 1 N–H and O–H groups in total. The van der Waals surface area contributed by atoms with E-state index in [4.69, 9.17) is 4.74 Å². The topological polar surface area (TPSA) is 51.2 Å². The van der Waals surface area contributed by atoms with Gasteiger partial charge in [-0.25, -0.2) is 4.98 Å². The molecule has 76 valence electrons. The van der Waals surface area contributed by atoms with Crippen LogP contribution >= 0.6 is 11.3 Å². The van der Waals surface area contributed by atoms with Gasteiger partial charge in [0, 0.05) is 12.0 Å². The maximum Gasteiger partial charge on any atom is 0.271 e. The van der Waals surface area contributed by atoms with Gasteiger partial charge in [0.15, 0.2) is 0 Å². The maximum absolute atomic E-state index is 11.6. The van der Waals surface area contributed by atoms with Gasteiger partial charge in [-0.15, -0.1) is 11.3 Å². The highest BCUT2D eigenvalue weighted by Gasteiger charge is 2.17. The average Bonchev–Trinajstić information content (AvgIpc) is 2.72. The van der Waals surface area contributed by atoms with Gasteiger partial charge >= 0.3 is 0 Å². The highest BCUT2D eigenvalue weighted by atomic mass is 32.1. The standard InChI is InChI=1S/C9H12N2O2S/c12-9(8-5-14-6-10-8)11-7-2-1-3-13-4-7/h5-7H,1-4H2,(H,11,12).